The number of oxime groups is 1. The quantitative estimate of drug-likeness (QED) is 0.149. The van der Waals surface area contributed by atoms with Crippen LogP contribution in [-0.2, 0) is 4.84 Å². The molecule has 0 aliphatic carbocycles. The number of hydrogen-bond donors (Lipinski definition) is 2. The molecule has 49 heavy (non-hydrogen) atoms. The predicted molar refractivity (Wildman–Crippen MR) is 183 cm³/mol. The molecule has 2 aliphatic rings. The van der Waals surface area contributed by atoms with Crippen LogP contribution in [0, 0.1) is 0 Å². The van der Waals surface area contributed by atoms with Gasteiger partial charge in [0.2, 0.25) is 5.75 Å². The molecule has 0 spiro atoms. The van der Waals surface area contributed by atoms with Crippen LogP contribution in [0.4, 0.5) is 5.69 Å². The van der Waals surface area contributed by atoms with Crippen LogP contribution in [-0.4, -0.2) is 60.4 Å². The van der Waals surface area contributed by atoms with Crippen LogP contribution in [0.3, 0.4) is 0 Å². The van der Waals surface area contributed by atoms with Gasteiger partial charge in [0.05, 0.1) is 46.8 Å². The van der Waals surface area contributed by atoms with Crippen molar-refractivity contribution in [3.63, 3.8) is 0 Å². The van der Waals surface area contributed by atoms with E-state index in [1.54, 1.807) is 59.8 Å². The lowest BCUT2D eigenvalue weighted by Gasteiger charge is -2.28. The Bertz CT molecular complexity index is 1860. The van der Waals surface area contributed by atoms with Crippen LogP contribution in [0.25, 0.3) is 0 Å². The SMILES string of the molecule is COc1cc(C2NC(=O)c3cc(Cl)ccc3N2)ccc1OCCOc1cccc(C2=NOC(c3cc(OC)c(OC)c(OC)c3)C2)c1OC. The van der Waals surface area contributed by atoms with Crippen molar-refractivity contribution in [2.45, 2.75) is 18.7 Å². The molecule has 2 aliphatic heterocycles. The lowest BCUT2D eigenvalue weighted by molar-refractivity contribution is 0.0853. The maximum Gasteiger partial charge on any atom is 0.255 e. The summed E-state index contributed by atoms with van der Waals surface area (Å²) >= 11 is 6.06. The van der Waals surface area contributed by atoms with Gasteiger partial charge >= 0.3 is 0 Å². The number of fused-ring (bicyclic) bond motifs is 1. The largest absolute Gasteiger partial charge is 0.493 e. The van der Waals surface area contributed by atoms with Crippen molar-refractivity contribution >= 4 is 28.9 Å². The van der Waals surface area contributed by atoms with Gasteiger partial charge in [0.1, 0.15) is 19.4 Å². The van der Waals surface area contributed by atoms with Crippen molar-refractivity contribution in [3.8, 4) is 40.2 Å². The van der Waals surface area contributed by atoms with E-state index in [2.05, 4.69) is 15.8 Å². The molecule has 0 bridgehead atoms. The summed E-state index contributed by atoms with van der Waals surface area (Å²) in [4.78, 5) is 18.5. The zero-order chi connectivity index (χ0) is 34.5. The van der Waals surface area contributed by atoms with E-state index >= 15 is 0 Å². The van der Waals surface area contributed by atoms with Gasteiger partial charge in [-0.25, -0.2) is 0 Å². The standard InChI is InChI=1S/C36H36ClN3O9/c1-42-30-15-20(35-38-25-11-10-22(37)18-24(25)36(41)39-35)9-12-27(30)47-13-14-48-28-8-6-7-23(33(28)45-4)26-19-29(49-40-26)21-16-31(43-2)34(46-5)32(17-21)44-3/h6-12,15-18,29,35,38H,13-14,19H2,1-5H3,(H,39,41). The molecular formula is C36H36ClN3O9. The molecule has 4 aromatic rings. The van der Waals surface area contributed by atoms with Gasteiger partial charge in [0.15, 0.2) is 40.6 Å². The number of nitrogens with one attached hydrogen (secondary N) is 2. The van der Waals surface area contributed by atoms with Gasteiger partial charge in [-0.3, -0.25) is 4.79 Å². The number of ether oxygens (including phenoxy) is 7. The van der Waals surface area contributed by atoms with E-state index in [9.17, 15) is 4.79 Å². The van der Waals surface area contributed by atoms with Crippen molar-refractivity contribution < 1.29 is 42.8 Å². The number of anilines is 1. The molecular weight excluding hydrogens is 654 g/mol. The molecule has 0 saturated carbocycles. The molecule has 1 amide bonds. The fourth-order valence-electron chi connectivity index (χ4n) is 5.75. The third kappa shape index (κ3) is 6.91. The Morgan fingerprint density at radius 2 is 1.41 bits per heavy atom. The number of methoxy groups -OCH3 is 5. The molecule has 2 unspecified atom stereocenters. The van der Waals surface area contributed by atoms with Crippen LogP contribution < -0.4 is 43.8 Å². The first-order chi connectivity index (χ1) is 23.9. The molecule has 2 heterocycles. The van der Waals surface area contributed by atoms with Crippen molar-refractivity contribution in [1.82, 2.24) is 5.32 Å². The van der Waals surface area contributed by atoms with E-state index < -0.39 is 6.17 Å². The summed E-state index contributed by atoms with van der Waals surface area (Å²) < 4.78 is 39.9. The van der Waals surface area contributed by atoms with Gasteiger partial charge in [0.25, 0.3) is 5.91 Å². The number of nitrogens with zero attached hydrogens (tertiary/aromatic N) is 1. The number of carbonyl (C=O) groups is 1. The number of carbonyl (C=O) groups excluding carboxylic acids is 1. The minimum absolute atomic E-state index is 0.219. The Morgan fingerprint density at radius 1 is 0.714 bits per heavy atom. The first-order valence-corrected chi connectivity index (χ1v) is 15.8. The summed E-state index contributed by atoms with van der Waals surface area (Å²) in [7, 11) is 7.84. The highest BCUT2D eigenvalue weighted by Gasteiger charge is 2.29. The highest BCUT2D eigenvalue weighted by molar-refractivity contribution is 6.31. The smallest absolute Gasteiger partial charge is 0.255 e. The van der Waals surface area contributed by atoms with Crippen molar-refractivity contribution in [1.29, 1.82) is 0 Å². The number of amides is 1. The summed E-state index contributed by atoms with van der Waals surface area (Å²) in [6, 6.07) is 19.9. The number of benzene rings is 4. The van der Waals surface area contributed by atoms with Crippen molar-refractivity contribution in [3.05, 3.63) is 94.0 Å². The zero-order valence-electron chi connectivity index (χ0n) is 27.6. The minimum atomic E-state index is -0.459. The first kappa shape index (κ1) is 33.4. The molecule has 256 valence electrons. The van der Waals surface area contributed by atoms with Gasteiger partial charge in [0, 0.05) is 28.3 Å². The van der Waals surface area contributed by atoms with Crippen LogP contribution in [0.2, 0.25) is 5.02 Å². The average Bonchev–Trinajstić information content (AvgIpc) is 3.63. The van der Waals surface area contributed by atoms with Crippen LogP contribution in [0.5, 0.6) is 40.2 Å². The van der Waals surface area contributed by atoms with Crippen LogP contribution in [0.1, 0.15) is 45.7 Å². The maximum atomic E-state index is 12.7. The maximum absolute atomic E-state index is 12.7. The Morgan fingerprint density at radius 3 is 2.10 bits per heavy atom. The summed E-state index contributed by atoms with van der Waals surface area (Å²) in [5.41, 5.74) is 4.26. The molecule has 2 N–H and O–H groups in total. The summed E-state index contributed by atoms with van der Waals surface area (Å²) in [5, 5.41) is 11.1. The van der Waals surface area contributed by atoms with E-state index in [4.69, 9.17) is 49.6 Å². The Balaban J connectivity index is 1.09. The third-order valence-electron chi connectivity index (χ3n) is 8.14. The van der Waals surface area contributed by atoms with E-state index in [0.717, 1.165) is 16.7 Å². The zero-order valence-corrected chi connectivity index (χ0v) is 28.4. The fraction of sp³-hybridized carbons (Fsp3) is 0.278. The lowest BCUT2D eigenvalue weighted by Crippen LogP contribution is -2.38. The van der Waals surface area contributed by atoms with Crippen molar-refractivity contribution in [2.24, 2.45) is 5.16 Å². The molecule has 6 rings (SSSR count). The normalized spacial score (nSPS) is 16.3. The van der Waals surface area contributed by atoms with E-state index in [1.807, 2.05) is 42.5 Å². The molecule has 13 heteroatoms. The third-order valence-corrected chi connectivity index (χ3v) is 8.38. The van der Waals surface area contributed by atoms with Gasteiger partial charge in [-0.2, -0.15) is 0 Å². The van der Waals surface area contributed by atoms with E-state index in [-0.39, 0.29) is 25.2 Å². The number of hydrogen-bond acceptors (Lipinski definition) is 11. The molecule has 0 fully saturated rings. The second-order valence-corrected chi connectivity index (χ2v) is 11.4. The summed E-state index contributed by atoms with van der Waals surface area (Å²) in [6.45, 7) is 0.449. The molecule has 0 saturated heterocycles. The minimum Gasteiger partial charge on any atom is -0.493 e. The Hall–Kier alpha value is -5.49. The van der Waals surface area contributed by atoms with Gasteiger partial charge in [-0.1, -0.05) is 28.9 Å². The number of halogens is 1. The van der Waals surface area contributed by atoms with Gasteiger partial charge in [-0.15, -0.1) is 0 Å². The monoisotopic (exact) mass is 689 g/mol. The Labute approximate surface area is 288 Å². The molecule has 2 atom stereocenters. The summed E-state index contributed by atoms with van der Waals surface area (Å²) in [6.07, 6.45) is -0.342. The molecule has 0 aromatic heterocycles. The Kier molecular flexibility index (Phi) is 10.0. The van der Waals surface area contributed by atoms with Crippen molar-refractivity contribution in [2.75, 3.05) is 54.1 Å². The topological polar surface area (TPSA) is 127 Å². The number of rotatable bonds is 13. The highest BCUT2D eigenvalue weighted by Crippen LogP contribution is 2.43. The summed E-state index contributed by atoms with van der Waals surface area (Å²) in [5.74, 6) is 3.45. The second-order valence-electron chi connectivity index (χ2n) is 11.0. The highest BCUT2D eigenvalue weighted by atomic mass is 35.5. The van der Waals surface area contributed by atoms with Gasteiger partial charge < -0.3 is 48.6 Å². The lowest BCUT2D eigenvalue weighted by atomic mass is 9.98. The second kappa shape index (κ2) is 14.7. The molecule has 12 nitrogen and oxygen atoms in total. The average molecular weight is 690 g/mol. The first-order valence-electron chi connectivity index (χ1n) is 15.4. The van der Waals surface area contributed by atoms with Crippen LogP contribution in [0.15, 0.2) is 71.9 Å². The fourth-order valence-corrected chi connectivity index (χ4v) is 5.93. The van der Waals surface area contributed by atoms with E-state index in [0.29, 0.717) is 68.7 Å². The number of para-hydroxylation sites is 1. The molecule has 4 aromatic carbocycles. The predicted octanol–water partition coefficient (Wildman–Crippen LogP) is 6.56. The van der Waals surface area contributed by atoms with Gasteiger partial charge in [-0.05, 0) is 60.2 Å². The van der Waals surface area contributed by atoms with Crippen LogP contribution >= 0.6 is 11.6 Å². The van der Waals surface area contributed by atoms with E-state index in [1.165, 1.54) is 0 Å². The molecule has 0 radical (unpaired) electrons.